The summed E-state index contributed by atoms with van der Waals surface area (Å²) in [6.07, 6.45) is -0.144. The molecule has 1 aliphatic heterocycles. The van der Waals surface area contributed by atoms with Crippen LogP contribution in [0.3, 0.4) is 0 Å². The molecule has 1 atom stereocenters. The lowest BCUT2D eigenvalue weighted by molar-refractivity contribution is -0.0613. The lowest BCUT2D eigenvalue weighted by atomic mass is 10.2. The van der Waals surface area contributed by atoms with Gasteiger partial charge in [0.1, 0.15) is 12.7 Å². The van der Waals surface area contributed by atoms with Crippen LogP contribution in [0.2, 0.25) is 5.02 Å². The molecule has 3 heterocycles. The van der Waals surface area contributed by atoms with Gasteiger partial charge in [0.15, 0.2) is 11.5 Å². The molecule has 1 saturated heterocycles. The van der Waals surface area contributed by atoms with Gasteiger partial charge < -0.3 is 9.47 Å². The standard InChI is InChI=1S/C20H27ClN4O3/c1-13(2)10-24-7-8-27-16(11-24)12-28-20(26)19-17(21)5-6-18(22-19)25-15(4)9-14(3)23-25/h5-6,9,13,16H,7-8,10-12H2,1-4H3. The molecule has 0 spiro atoms. The van der Waals surface area contributed by atoms with Gasteiger partial charge in [0.25, 0.3) is 0 Å². The van der Waals surface area contributed by atoms with Crippen molar-refractivity contribution < 1.29 is 14.3 Å². The predicted molar refractivity (Wildman–Crippen MR) is 107 cm³/mol. The Labute approximate surface area is 170 Å². The van der Waals surface area contributed by atoms with Crippen LogP contribution in [0.1, 0.15) is 35.7 Å². The van der Waals surface area contributed by atoms with Crippen molar-refractivity contribution >= 4 is 17.6 Å². The smallest absolute Gasteiger partial charge is 0.358 e. The van der Waals surface area contributed by atoms with Gasteiger partial charge in [-0.1, -0.05) is 25.4 Å². The first-order valence-corrected chi connectivity index (χ1v) is 9.92. The van der Waals surface area contributed by atoms with E-state index in [1.54, 1.807) is 16.8 Å². The summed E-state index contributed by atoms with van der Waals surface area (Å²) in [6.45, 7) is 11.7. The molecule has 152 valence electrons. The van der Waals surface area contributed by atoms with Crippen molar-refractivity contribution in [2.45, 2.75) is 33.8 Å². The first-order chi connectivity index (χ1) is 13.3. The Bertz CT molecular complexity index is 837. The molecule has 0 bridgehead atoms. The molecule has 0 aliphatic carbocycles. The Morgan fingerprint density at radius 2 is 2.18 bits per heavy atom. The molecular formula is C20H27ClN4O3. The van der Waals surface area contributed by atoms with Crippen LogP contribution in [0.25, 0.3) is 5.82 Å². The highest BCUT2D eigenvalue weighted by molar-refractivity contribution is 6.33. The summed E-state index contributed by atoms with van der Waals surface area (Å²) < 4.78 is 12.9. The minimum Gasteiger partial charge on any atom is -0.458 e. The lowest BCUT2D eigenvalue weighted by Gasteiger charge is -2.33. The van der Waals surface area contributed by atoms with Crippen molar-refractivity contribution in [1.82, 2.24) is 19.7 Å². The van der Waals surface area contributed by atoms with Crippen LogP contribution in [0, 0.1) is 19.8 Å². The number of carbonyl (C=O) groups is 1. The summed E-state index contributed by atoms with van der Waals surface area (Å²) >= 11 is 6.19. The van der Waals surface area contributed by atoms with Crippen LogP contribution >= 0.6 is 11.6 Å². The number of carbonyl (C=O) groups excluding carboxylic acids is 1. The molecule has 1 unspecified atom stereocenters. The van der Waals surface area contributed by atoms with Crippen LogP contribution < -0.4 is 0 Å². The zero-order valence-electron chi connectivity index (χ0n) is 16.8. The summed E-state index contributed by atoms with van der Waals surface area (Å²) in [4.78, 5) is 19.3. The molecule has 1 fully saturated rings. The summed E-state index contributed by atoms with van der Waals surface area (Å²) in [6, 6.07) is 5.31. The molecule has 0 radical (unpaired) electrons. The molecule has 0 aromatic carbocycles. The molecule has 8 heteroatoms. The molecule has 0 saturated carbocycles. The number of aryl methyl sites for hydroxylation is 2. The fourth-order valence-corrected chi connectivity index (χ4v) is 3.54. The number of hydrogen-bond donors (Lipinski definition) is 0. The third-order valence-corrected chi connectivity index (χ3v) is 4.80. The van der Waals surface area contributed by atoms with E-state index in [-0.39, 0.29) is 23.4 Å². The van der Waals surface area contributed by atoms with Gasteiger partial charge >= 0.3 is 5.97 Å². The molecule has 2 aromatic heterocycles. The summed E-state index contributed by atoms with van der Waals surface area (Å²) in [5, 5.41) is 4.65. The zero-order chi connectivity index (χ0) is 20.3. The molecule has 0 amide bonds. The third-order valence-electron chi connectivity index (χ3n) is 4.50. The molecule has 28 heavy (non-hydrogen) atoms. The molecular weight excluding hydrogens is 380 g/mol. The quantitative estimate of drug-likeness (QED) is 0.687. The van der Waals surface area contributed by atoms with E-state index >= 15 is 0 Å². The highest BCUT2D eigenvalue weighted by Gasteiger charge is 2.24. The summed E-state index contributed by atoms with van der Waals surface area (Å²) in [5.74, 6) is 0.554. The number of halogens is 1. The fourth-order valence-electron chi connectivity index (χ4n) is 3.35. The molecule has 0 N–H and O–H groups in total. The second-order valence-corrected chi connectivity index (χ2v) is 7.99. The average Bonchev–Trinajstić information content (AvgIpc) is 2.98. The number of pyridine rings is 1. The third kappa shape index (κ3) is 5.10. The van der Waals surface area contributed by atoms with E-state index in [0.29, 0.717) is 18.3 Å². The monoisotopic (exact) mass is 406 g/mol. The van der Waals surface area contributed by atoms with E-state index in [1.807, 2.05) is 19.9 Å². The molecule has 1 aliphatic rings. The van der Waals surface area contributed by atoms with Gasteiger partial charge in [0.05, 0.1) is 17.3 Å². The summed E-state index contributed by atoms with van der Waals surface area (Å²) in [7, 11) is 0. The Morgan fingerprint density at radius 3 is 2.86 bits per heavy atom. The van der Waals surface area contributed by atoms with E-state index in [1.165, 1.54) is 0 Å². The van der Waals surface area contributed by atoms with Crippen LogP contribution in [-0.4, -0.2) is 64.6 Å². The number of morpholine rings is 1. The van der Waals surface area contributed by atoms with Crippen LogP contribution in [-0.2, 0) is 9.47 Å². The Balaban J connectivity index is 1.66. The minimum atomic E-state index is -0.557. The number of nitrogens with zero attached hydrogens (tertiary/aromatic N) is 4. The number of aromatic nitrogens is 3. The topological polar surface area (TPSA) is 69.5 Å². The van der Waals surface area contributed by atoms with Crippen molar-refractivity contribution in [1.29, 1.82) is 0 Å². The van der Waals surface area contributed by atoms with E-state index in [4.69, 9.17) is 21.1 Å². The van der Waals surface area contributed by atoms with Gasteiger partial charge in [-0.2, -0.15) is 5.10 Å². The number of hydrogen-bond acceptors (Lipinski definition) is 6. The van der Waals surface area contributed by atoms with Crippen LogP contribution in [0.15, 0.2) is 18.2 Å². The predicted octanol–water partition coefficient (Wildman–Crippen LogP) is 3.05. The van der Waals surface area contributed by atoms with Crippen molar-refractivity contribution in [3.05, 3.63) is 40.3 Å². The van der Waals surface area contributed by atoms with Crippen molar-refractivity contribution in [2.75, 3.05) is 32.8 Å². The van der Waals surface area contributed by atoms with Gasteiger partial charge in [0.2, 0.25) is 0 Å². The second kappa shape index (κ2) is 9.03. The van der Waals surface area contributed by atoms with Crippen LogP contribution in [0.5, 0.6) is 0 Å². The second-order valence-electron chi connectivity index (χ2n) is 7.58. The molecule has 3 rings (SSSR count). The number of esters is 1. The molecule has 7 nitrogen and oxygen atoms in total. The number of ether oxygens (including phenoxy) is 2. The first kappa shape index (κ1) is 20.8. The molecule has 2 aromatic rings. The van der Waals surface area contributed by atoms with E-state index in [2.05, 4.69) is 28.8 Å². The zero-order valence-corrected chi connectivity index (χ0v) is 17.6. The minimum absolute atomic E-state index is 0.0848. The lowest BCUT2D eigenvalue weighted by Crippen LogP contribution is -2.45. The van der Waals surface area contributed by atoms with Gasteiger partial charge in [-0.15, -0.1) is 0 Å². The maximum absolute atomic E-state index is 12.6. The Morgan fingerprint density at radius 1 is 1.39 bits per heavy atom. The van der Waals surface area contributed by atoms with Gasteiger partial charge in [-0.25, -0.2) is 14.5 Å². The van der Waals surface area contributed by atoms with E-state index < -0.39 is 5.97 Å². The Kier molecular flexibility index (Phi) is 6.69. The van der Waals surface area contributed by atoms with Crippen molar-refractivity contribution in [3.8, 4) is 5.82 Å². The van der Waals surface area contributed by atoms with Crippen molar-refractivity contribution in [3.63, 3.8) is 0 Å². The first-order valence-electron chi connectivity index (χ1n) is 9.54. The normalized spacial score (nSPS) is 17.9. The highest BCUT2D eigenvalue weighted by Crippen LogP contribution is 2.19. The number of rotatable bonds is 6. The van der Waals surface area contributed by atoms with Crippen LogP contribution in [0.4, 0.5) is 0 Å². The van der Waals surface area contributed by atoms with Gasteiger partial charge in [-0.05, 0) is 38.0 Å². The average molecular weight is 407 g/mol. The van der Waals surface area contributed by atoms with E-state index in [0.717, 1.165) is 31.0 Å². The summed E-state index contributed by atoms with van der Waals surface area (Å²) in [5.41, 5.74) is 1.88. The SMILES string of the molecule is Cc1cc(C)n(-c2ccc(Cl)c(C(=O)OCC3CN(CC(C)C)CCO3)n2)n1. The highest BCUT2D eigenvalue weighted by atomic mass is 35.5. The van der Waals surface area contributed by atoms with Gasteiger partial charge in [0, 0.05) is 25.3 Å². The van der Waals surface area contributed by atoms with Crippen molar-refractivity contribution in [2.24, 2.45) is 5.92 Å². The van der Waals surface area contributed by atoms with Gasteiger partial charge in [-0.3, -0.25) is 4.90 Å². The fraction of sp³-hybridized carbons (Fsp3) is 0.550. The largest absolute Gasteiger partial charge is 0.458 e. The maximum atomic E-state index is 12.6. The maximum Gasteiger partial charge on any atom is 0.358 e. The Hall–Kier alpha value is -1.96. The van der Waals surface area contributed by atoms with E-state index in [9.17, 15) is 4.79 Å².